The van der Waals surface area contributed by atoms with Crippen LogP contribution >= 0.6 is 24.0 Å². The van der Waals surface area contributed by atoms with Crippen LogP contribution in [0.15, 0.2) is 24.3 Å². The third-order valence-electron chi connectivity index (χ3n) is 4.73. The third-order valence-corrected chi connectivity index (χ3v) is 4.99. The monoisotopic (exact) mass is 356 g/mol. The molecule has 1 saturated carbocycles. The van der Waals surface area contributed by atoms with E-state index in [1.54, 1.807) is 0 Å². The van der Waals surface area contributed by atoms with Crippen molar-refractivity contribution in [3.8, 4) is 0 Å². The second-order valence-corrected chi connectivity index (χ2v) is 7.01. The number of likely N-dealkylation sites (tertiary alicyclic amines) is 1. The highest BCUT2D eigenvalue weighted by atomic mass is 35.5. The van der Waals surface area contributed by atoms with Gasteiger partial charge in [0.15, 0.2) is 0 Å². The number of benzene rings is 1. The quantitative estimate of drug-likeness (QED) is 0.856. The number of hydrogen-bond donors (Lipinski definition) is 1. The summed E-state index contributed by atoms with van der Waals surface area (Å²) >= 11 is 6.00. The standard InChI is InChI=1S/C18H25ClN2O.ClH/c19-16-9-7-15(8-10-16)17-4-2-1-3-11-21(17)18(22)13-20-12-14-5-6-14;/h7-10,14,17,20H,1-6,11-13H2;1H. The Balaban J connectivity index is 0.00000192. The van der Waals surface area contributed by atoms with E-state index in [-0.39, 0.29) is 24.4 Å². The molecule has 128 valence electrons. The van der Waals surface area contributed by atoms with Gasteiger partial charge in [0.25, 0.3) is 0 Å². The van der Waals surface area contributed by atoms with Gasteiger partial charge in [-0.15, -0.1) is 12.4 Å². The van der Waals surface area contributed by atoms with Gasteiger partial charge in [-0.05, 0) is 55.8 Å². The Hall–Kier alpha value is -0.770. The van der Waals surface area contributed by atoms with Gasteiger partial charge < -0.3 is 10.2 Å². The molecule has 0 bridgehead atoms. The van der Waals surface area contributed by atoms with Crippen molar-refractivity contribution >= 4 is 29.9 Å². The van der Waals surface area contributed by atoms with E-state index < -0.39 is 0 Å². The molecule has 1 amide bonds. The minimum atomic E-state index is 0. The predicted molar refractivity (Wildman–Crippen MR) is 97.2 cm³/mol. The van der Waals surface area contributed by atoms with Crippen LogP contribution in [0.4, 0.5) is 0 Å². The molecule has 2 fully saturated rings. The highest BCUT2D eigenvalue weighted by Gasteiger charge is 2.27. The lowest BCUT2D eigenvalue weighted by molar-refractivity contribution is -0.132. The van der Waals surface area contributed by atoms with Crippen molar-refractivity contribution in [2.75, 3.05) is 19.6 Å². The van der Waals surface area contributed by atoms with Crippen LogP contribution in [0.5, 0.6) is 0 Å². The van der Waals surface area contributed by atoms with E-state index in [0.29, 0.717) is 6.54 Å². The van der Waals surface area contributed by atoms with Gasteiger partial charge in [0.1, 0.15) is 0 Å². The van der Waals surface area contributed by atoms with Crippen molar-refractivity contribution in [2.45, 2.75) is 44.6 Å². The summed E-state index contributed by atoms with van der Waals surface area (Å²) in [6.45, 7) is 2.34. The minimum absolute atomic E-state index is 0. The molecule has 1 aliphatic carbocycles. The number of hydrogen-bond acceptors (Lipinski definition) is 2. The van der Waals surface area contributed by atoms with E-state index in [1.165, 1.54) is 31.2 Å². The van der Waals surface area contributed by atoms with Gasteiger partial charge in [-0.25, -0.2) is 0 Å². The second kappa shape index (κ2) is 8.91. The molecule has 1 aliphatic heterocycles. The Morgan fingerprint density at radius 1 is 1.13 bits per heavy atom. The van der Waals surface area contributed by atoms with Crippen LogP contribution in [0.1, 0.15) is 50.1 Å². The van der Waals surface area contributed by atoms with Crippen LogP contribution in [-0.2, 0) is 4.79 Å². The molecule has 23 heavy (non-hydrogen) atoms. The second-order valence-electron chi connectivity index (χ2n) is 6.58. The summed E-state index contributed by atoms with van der Waals surface area (Å²) in [4.78, 5) is 14.7. The zero-order chi connectivity index (χ0) is 15.4. The Morgan fingerprint density at radius 3 is 2.57 bits per heavy atom. The summed E-state index contributed by atoms with van der Waals surface area (Å²) in [6.07, 6.45) is 7.20. The maximum absolute atomic E-state index is 12.6. The van der Waals surface area contributed by atoms with E-state index in [2.05, 4.69) is 22.3 Å². The Labute approximate surface area is 150 Å². The number of carbonyl (C=O) groups excluding carboxylic acids is 1. The predicted octanol–water partition coefficient (Wildman–Crippen LogP) is 4.21. The molecule has 1 N–H and O–H groups in total. The first kappa shape index (κ1) is 18.6. The summed E-state index contributed by atoms with van der Waals surface area (Å²) in [5, 5.41) is 4.08. The molecule has 3 rings (SSSR count). The fourth-order valence-corrected chi connectivity index (χ4v) is 3.37. The Kier molecular flexibility index (Phi) is 7.19. The zero-order valence-electron chi connectivity index (χ0n) is 13.5. The molecule has 2 aliphatic rings. The average molecular weight is 357 g/mol. The summed E-state index contributed by atoms with van der Waals surface area (Å²) in [5.41, 5.74) is 1.21. The Morgan fingerprint density at radius 2 is 1.87 bits per heavy atom. The molecule has 1 saturated heterocycles. The molecule has 0 aromatic heterocycles. The van der Waals surface area contributed by atoms with Crippen LogP contribution in [0.25, 0.3) is 0 Å². The lowest BCUT2D eigenvalue weighted by atomic mass is 10.0. The maximum atomic E-state index is 12.6. The first-order valence-corrected chi connectivity index (χ1v) is 8.87. The van der Waals surface area contributed by atoms with Gasteiger partial charge in [-0.3, -0.25) is 4.79 Å². The number of carbonyl (C=O) groups is 1. The van der Waals surface area contributed by atoms with Gasteiger partial charge in [0.05, 0.1) is 12.6 Å². The molecule has 1 aromatic carbocycles. The summed E-state index contributed by atoms with van der Waals surface area (Å²) in [7, 11) is 0. The van der Waals surface area contributed by atoms with Gasteiger partial charge in [-0.2, -0.15) is 0 Å². The van der Waals surface area contributed by atoms with Crippen LogP contribution in [0.3, 0.4) is 0 Å². The van der Waals surface area contributed by atoms with Crippen molar-refractivity contribution in [1.82, 2.24) is 10.2 Å². The number of amides is 1. The summed E-state index contributed by atoms with van der Waals surface area (Å²) < 4.78 is 0. The summed E-state index contributed by atoms with van der Waals surface area (Å²) in [6, 6.07) is 8.19. The normalized spacial score (nSPS) is 21.4. The van der Waals surface area contributed by atoms with Crippen molar-refractivity contribution < 1.29 is 4.79 Å². The van der Waals surface area contributed by atoms with Gasteiger partial charge in [0, 0.05) is 11.6 Å². The number of rotatable bonds is 5. The van der Waals surface area contributed by atoms with Crippen LogP contribution in [0.2, 0.25) is 5.02 Å². The fourth-order valence-electron chi connectivity index (χ4n) is 3.25. The van der Waals surface area contributed by atoms with Crippen molar-refractivity contribution in [2.24, 2.45) is 5.92 Å². The van der Waals surface area contributed by atoms with Gasteiger partial charge in [-0.1, -0.05) is 36.6 Å². The highest BCUT2D eigenvalue weighted by Crippen LogP contribution is 2.31. The number of nitrogens with zero attached hydrogens (tertiary/aromatic N) is 1. The van der Waals surface area contributed by atoms with Gasteiger partial charge >= 0.3 is 0 Å². The van der Waals surface area contributed by atoms with E-state index in [0.717, 1.165) is 36.9 Å². The fraction of sp³-hybridized carbons (Fsp3) is 0.611. The molecule has 1 unspecified atom stereocenters. The number of nitrogens with one attached hydrogen (secondary N) is 1. The highest BCUT2D eigenvalue weighted by molar-refractivity contribution is 6.30. The SMILES string of the molecule is Cl.O=C(CNCC1CC1)N1CCCCCC1c1ccc(Cl)cc1. The van der Waals surface area contributed by atoms with Crippen LogP contribution in [0, 0.1) is 5.92 Å². The topological polar surface area (TPSA) is 32.3 Å². The van der Waals surface area contributed by atoms with Gasteiger partial charge in [0.2, 0.25) is 5.91 Å². The van der Waals surface area contributed by atoms with Crippen LogP contribution in [-0.4, -0.2) is 30.4 Å². The van der Waals surface area contributed by atoms with Crippen molar-refractivity contribution in [3.63, 3.8) is 0 Å². The Bertz CT molecular complexity index is 502. The lowest BCUT2D eigenvalue weighted by Crippen LogP contribution is -2.41. The molecular formula is C18H26Cl2N2O. The van der Waals surface area contributed by atoms with E-state index in [1.807, 2.05) is 12.1 Å². The first-order valence-electron chi connectivity index (χ1n) is 8.49. The number of halogens is 2. The van der Waals surface area contributed by atoms with Crippen molar-refractivity contribution in [3.05, 3.63) is 34.9 Å². The molecule has 5 heteroatoms. The minimum Gasteiger partial charge on any atom is -0.335 e. The van der Waals surface area contributed by atoms with Crippen molar-refractivity contribution in [1.29, 1.82) is 0 Å². The molecule has 1 aromatic rings. The zero-order valence-corrected chi connectivity index (χ0v) is 15.0. The molecule has 1 heterocycles. The van der Waals surface area contributed by atoms with E-state index >= 15 is 0 Å². The maximum Gasteiger partial charge on any atom is 0.237 e. The lowest BCUT2D eigenvalue weighted by Gasteiger charge is -2.30. The summed E-state index contributed by atoms with van der Waals surface area (Å²) in [5.74, 6) is 1.05. The largest absolute Gasteiger partial charge is 0.335 e. The average Bonchev–Trinajstić information content (AvgIpc) is 3.34. The van der Waals surface area contributed by atoms with Crippen LogP contribution < -0.4 is 5.32 Å². The molecular weight excluding hydrogens is 331 g/mol. The van der Waals surface area contributed by atoms with E-state index in [4.69, 9.17) is 11.6 Å². The molecule has 3 nitrogen and oxygen atoms in total. The molecule has 1 atom stereocenters. The third kappa shape index (κ3) is 5.37. The van der Waals surface area contributed by atoms with E-state index in [9.17, 15) is 4.79 Å². The molecule has 0 radical (unpaired) electrons. The smallest absolute Gasteiger partial charge is 0.237 e. The molecule has 0 spiro atoms. The first-order chi connectivity index (χ1) is 10.7.